The van der Waals surface area contributed by atoms with E-state index < -0.39 is 0 Å². The molecule has 0 radical (unpaired) electrons. The summed E-state index contributed by atoms with van der Waals surface area (Å²) in [4.78, 5) is 14.3. The zero-order valence-electron chi connectivity index (χ0n) is 9.77. The van der Waals surface area contributed by atoms with E-state index in [0.717, 1.165) is 28.7 Å². The molecular formula is C15H12BrNO. The number of amides is 1. The summed E-state index contributed by atoms with van der Waals surface area (Å²) in [6.45, 7) is 0.772. The molecule has 0 fully saturated rings. The first-order valence-electron chi connectivity index (χ1n) is 5.91. The summed E-state index contributed by atoms with van der Waals surface area (Å²) in [5.74, 6) is 0.0763. The van der Waals surface area contributed by atoms with Crippen molar-refractivity contribution < 1.29 is 4.79 Å². The average Bonchev–Trinajstić information content (AvgIpc) is 2.82. The van der Waals surface area contributed by atoms with Gasteiger partial charge in [-0.3, -0.25) is 4.79 Å². The van der Waals surface area contributed by atoms with Crippen LogP contribution < -0.4 is 4.90 Å². The van der Waals surface area contributed by atoms with E-state index in [0.29, 0.717) is 0 Å². The maximum absolute atomic E-state index is 12.4. The lowest BCUT2D eigenvalue weighted by Crippen LogP contribution is -2.28. The molecule has 1 aliphatic heterocycles. The highest BCUT2D eigenvalue weighted by atomic mass is 79.9. The SMILES string of the molecule is O=C(c1ccc(Br)cc1)N1CCc2ccccc21. The van der Waals surface area contributed by atoms with Crippen molar-refractivity contribution in [1.82, 2.24) is 0 Å². The maximum atomic E-state index is 12.4. The molecule has 2 nitrogen and oxygen atoms in total. The van der Waals surface area contributed by atoms with Gasteiger partial charge in [-0.15, -0.1) is 0 Å². The van der Waals surface area contributed by atoms with Gasteiger partial charge in [0.1, 0.15) is 0 Å². The Morgan fingerprint density at radius 3 is 2.56 bits per heavy atom. The van der Waals surface area contributed by atoms with E-state index in [-0.39, 0.29) is 5.91 Å². The van der Waals surface area contributed by atoms with Gasteiger partial charge < -0.3 is 4.90 Å². The molecule has 3 heteroatoms. The first-order chi connectivity index (χ1) is 8.75. The summed E-state index contributed by atoms with van der Waals surface area (Å²) >= 11 is 3.38. The monoisotopic (exact) mass is 301 g/mol. The first kappa shape index (κ1) is 11.5. The van der Waals surface area contributed by atoms with E-state index in [1.807, 2.05) is 47.4 Å². The van der Waals surface area contributed by atoms with Gasteiger partial charge in [-0.2, -0.15) is 0 Å². The third-order valence-corrected chi connectivity index (χ3v) is 3.75. The van der Waals surface area contributed by atoms with Crippen molar-refractivity contribution in [3.05, 3.63) is 64.1 Å². The van der Waals surface area contributed by atoms with Crippen LogP contribution in [0.4, 0.5) is 5.69 Å². The van der Waals surface area contributed by atoms with Crippen LogP contribution in [0, 0.1) is 0 Å². The molecule has 0 aromatic heterocycles. The van der Waals surface area contributed by atoms with Gasteiger partial charge in [0.05, 0.1) is 0 Å². The molecule has 2 aromatic rings. The zero-order chi connectivity index (χ0) is 12.5. The number of hydrogen-bond donors (Lipinski definition) is 0. The Hall–Kier alpha value is -1.61. The molecule has 1 aliphatic rings. The van der Waals surface area contributed by atoms with E-state index >= 15 is 0 Å². The topological polar surface area (TPSA) is 20.3 Å². The van der Waals surface area contributed by atoms with E-state index in [4.69, 9.17) is 0 Å². The summed E-state index contributed by atoms with van der Waals surface area (Å²) in [7, 11) is 0. The summed E-state index contributed by atoms with van der Waals surface area (Å²) in [5.41, 5.74) is 3.03. The Bertz CT molecular complexity index is 592. The molecule has 0 spiro atoms. The van der Waals surface area contributed by atoms with Gasteiger partial charge in [-0.25, -0.2) is 0 Å². The number of benzene rings is 2. The number of para-hydroxylation sites is 1. The van der Waals surface area contributed by atoms with Crippen molar-refractivity contribution in [2.24, 2.45) is 0 Å². The van der Waals surface area contributed by atoms with Gasteiger partial charge in [0.15, 0.2) is 0 Å². The maximum Gasteiger partial charge on any atom is 0.258 e. The molecule has 0 bridgehead atoms. The summed E-state index contributed by atoms with van der Waals surface area (Å²) in [6, 6.07) is 15.6. The quantitative estimate of drug-likeness (QED) is 0.787. The molecule has 18 heavy (non-hydrogen) atoms. The Morgan fingerprint density at radius 2 is 1.78 bits per heavy atom. The van der Waals surface area contributed by atoms with Crippen molar-refractivity contribution in [3.63, 3.8) is 0 Å². The molecule has 0 aliphatic carbocycles. The second kappa shape index (κ2) is 4.58. The second-order valence-corrected chi connectivity index (χ2v) is 5.26. The minimum Gasteiger partial charge on any atom is -0.308 e. The van der Waals surface area contributed by atoms with Crippen LogP contribution in [0.25, 0.3) is 0 Å². The predicted octanol–water partition coefficient (Wildman–Crippen LogP) is 3.65. The molecular weight excluding hydrogens is 290 g/mol. The number of carbonyl (C=O) groups excluding carboxylic acids is 1. The van der Waals surface area contributed by atoms with Crippen molar-refractivity contribution in [1.29, 1.82) is 0 Å². The largest absolute Gasteiger partial charge is 0.308 e. The van der Waals surface area contributed by atoms with E-state index in [1.54, 1.807) is 0 Å². The van der Waals surface area contributed by atoms with Crippen molar-refractivity contribution in [3.8, 4) is 0 Å². The lowest BCUT2D eigenvalue weighted by atomic mass is 10.1. The Labute approximate surface area is 114 Å². The molecule has 2 aromatic carbocycles. The normalized spacial score (nSPS) is 13.5. The third kappa shape index (κ3) is 1.95. The van der Waals surface area contributed by atoms with Crippen LogP contribution >= 0.6 is 15.9 Å². The molecule has 90 valence electrons. The lowest BCUT2D eigenvalue weighted by molar-refractivity contribution is 0.0989. The van der Waals surface area contributed by atoms with Crippen LogP contribution in [0.1, 0.15) is 15.9 Å². The molecule has 3 rings (SSSR count). The van der Waals surface area contributed by atoms with Gasteiger partial charge in [0.2, 0.25) is 0 Å². The fourth-order valence-corrected chi connectivity index (χ4v) is 2.56. The minimum atomic E-state index is 0.0763. The van der Waals surface area contributed by atoms with Crippen molar-refractivity contribution >= 4 is 27.5 Å². The first-order valence-corrected chi connectivity index (χ1v) is 6.70. The molecule has 1 heterocycles. The number of halogens is 1. The van der Waals surface area contributed by atoms with Crippen LogP contribution in [-0.2, 0) is 6.42 Å². The van der Waals surface area contributed by atoms with Crippen molar-refractivity contribution in [2.75, 3.05) is 11.4 Å². The average molecular weight is 302 g/mol. The van der Waals surface area contributed by atoms with Gasteiger partial charge in [-0.05, 0) is 42.3 Å². The number of rotatable bonds is 1. The van der Waals surface area contributed by atoms with Crippen LogP contribution in [0.5, 0.6) is 0 Å². The highest BCUT2D eigenvalue weighted by Gasteiger charge is 2.24. The highest BCUT2D eigenvalue weighted by molar-refractivity contribution is 9.10. The van der Waals surface area contributed by atoms with E-state index in [2.05, 4.69) is 22.0 Å². The molecule has 0 unspecified atom stereocenters. The lowest BCUT2D eigenvalue weighted by Gasteiger charge is -2.17. The number of hydrogen-bond acceptors (Lipinski definition) is 1. The molecule has 1 amide bonds. The number of carbonyl (C=O) groups is 1. The molecule has 0 saturated heterocycles. The molecule has 0 N–H and O–H groups in total. The number of nitrogens with zero attached hydrogens (tertiary/aromatic N) is 1. The van der Waals surface area contributed by atoms with Gasteiger partial charge >= 0.3 is 0 Å². The van der Waals surface area contributed by atoms with Crippen LogP contribution in [0.3, 0.4) is 0 Å². The molecule has 0 atom stereocenters. The fourth-order valence-electron chi connectivity index (χ4n) is 2.30. The van der Waals surface area contributed by atoms with E-state index in [1.165, 1.54) is 5.56 Å². The van der Waals surface area contributed by atoms with Crippen LogP contribution in [0.15, 0.2) is 53.0 Å². The standard InChI is InChI=1S/C15H12BrNO/c16-13-7-5-12(6-8-13)15(18)17-10-9-11-3-1-2-4-14(11)17/h1-8H,9-10H2. The second-order valence-electron chi connectivity index (χ2n) is 4.34. The van der Waals surface area contributed by atoms with Gasteiger partial charge in [0, 0.05) is 22.3 Å². The summed E-state index contributed by atoms with van der Waals surface area (Å²) < 4.78 is 0.987. The smallest absolute Gasteiger partial charge is 0.258 e. The van der Waals surface area contributed by atoms with Crippen LogP contribution in [-0.4, -0.2) is 12.5 Å². The van der Waals surface area contributed by atoms with Crippen molar-refractivity contribution in [2.45, 2.75) is 6.42 Å². The molecule has 0 saturated carbocycles. The van der Waals surface area contributed by atoms with Gasteiger partial charge in [-0.1, -0.05) is 34.1 Å². The highest BCUT2D eigenvalue weighted by Crippen LogP contribution is 2.28. The Kier molecular flexibility index (Phi) is 2.92. The van der Waals surface area contributed by atoms with E-state index in [9.17, 15) is 4.79 Å². The summed E-state index contributed by atoms with van der Waals surface area (Å²) in [6.07, 6.45) is 0.943. The third-order valence-electron chi connectivity index (χ3n) is 3.22. The number of fused-ring (bicyclic) bond motifs is 1. The van der Waals surface area contributed by atoms with Crippen LogP contribution in [0.2, 0.25) is 0 Å². The Morgan fingerprint density at radius 1 is 1.06 bits per heavy atom. The predicted molar refractivity (Wildman–Crippen MR) is 76.0 cm³/mol. The summed E-state index contributed by atoms with van der Waals surface area (Å²) in [5, 5.41) is 0. The van der Waals surface area contributed by atoms with Gasteiger partial charge in [0.25, 0.3) is 5.91 Å². The Balaban J connectivity index is 1.93. The zero-order valence-corrected chi connectivity index (χ0v) is 11.4. The minimum absolute atomic E-state index is 0.0763. The number of anilines is 1. The fraction of sp³-hybridized carbons (Fsp3) is 0.133.